The Morgan fingerprint density at radius 3 is 2.07 bits per heavy atom. The number of benzene rings is 2. The van der Waals surface area contributed by atoms with Crippen molar-refractivity contribution < 1.29 is 28.6 Å². The van der Waals surface area contributed by atoms with E-state index in [1.54, 1.807) is 24.3 Å². The van der Waals surface area contributed by atoms with Gasteiger partial charge >= 0.3 is 17.9 Å². The number of fused-ring (bicyclic) bond motifs is 1. The van der Waals surface area contributed by atoms with E-state index in [0.717, 1.165) is 5.56 Å². The number of carbonyl (C=O) groups is 3. The second-order valence-corrected chi connectivity index (χ2v) is 7.55. The molecular formula is C24H22O6. The third kappa shape index (κ3) is 3.00. The topological polar surface area (TPSA) is 78.9 Å². The number of ether oxygens (including phenoxy) is 3. The maximum Gasteiger partial charge on any atom is 0.323 e. The summed E-state index contributed by atoms with van der Waals surface area (Å²) in [7, 11) is 2.47. The summed E-state index contributed by atoms with van der Waals surface area (Å²) < 4.78 is 15.8. The van der Waals surface area contributed by atoms with Gasteiger partial charge in [-0.15, -0.1) is 0 Å². The lowest BCUT2D eigenvalue weighted by molar-refractivity contribution is -0.170. The lowest BCUT2D eigenvalue weighted by Gasteiger charge is -2.32. The van der Waals surface area contributed by atoms with Crippen LogP contribution in [0.5, 0.6) is 0 Å². The first-order valence-electron chi connectivity index (χ1n) is 9.73. The molecule has 2 aromatic carbocycles. The van der Waals surface area contributed by atoms with E-state index in [1.807, 2.05) is 42.5 Å². The number of allylic oxidation sites excluding steroid dienone is 1. The SMILES string of the molecule is COC(=O)C1(C(=O)OC)C[C@H]2C=C(c3ccccc3)OC(=O)[C@H]2[C@@H]1c1ccccc1. The van der Waals surface area contributed by atoms with Crippen LogP contribution in [0.1, 0.15) is 23.5 Å². The first-order chi connectivity index (χ1) is 14.5. The minimum absolute atomic E-state index is 0.0992. The summed E-state index contributed by atoms with van der Waals surface area (Å²) in [5, 5.41) is 0. The molecule has 0 spiro atoms. The lowest BCUT2D eigenvalue weighted by Crippen LogP contribution is -2.45. The smallest absolute Gasteiger partial charge is 0.323 e. The molecule has 0 radical (unpaired) electrons. The molecule has 154 valence electrons. The summed E-state index contributed by atoms with van der Waals surface area (Å²) in [6.07, 6.45) is 1.94. The largest absolute Gasteiger partial charge is 0.468 e. The molecule has 1 fully saturated rings. The van der Waals surface area contributed by atoms with E-state index in [-0.39, 0.29) is 12.3 Å². The summed E-state index contributed by atoms with van der Waals surface area (Å²) in [5.74, 6) is -3.31. The Balaban J connectivity index is 1.88. The molecule has 30 heavy (non-hydrogen) atoms. The molecule has 1 aliphatic heterocycles. The van der Waals surface area contributed by atoms with E-state index in [2.05, 4.69) is 0 Å². The molecule has 0 N–H and O–H groups in total. The standard InChI is InChI=1S/C24H22O6/c1-28-22(26)24(23(27)29-2)14-17-13-18(15-9-5-3-6-10-15)30-21(25)19(17)20(24)16-11-7-4-8-12-16/h3-13,17,19-20H,14H2,1-2H3/t17-,19-,20+/m1/s1. The quantitative estimate of drug-likeness (QED) is 0.440. The Bertz CT molecular complexity index is 979. The monoisotopic (exact) mass is 406 g/mol. The van der Waals surface area contributed by atoms with Gasteiger partial charge in [-0.3, -0.25) is 14.4 Å². The van der Waals surface area contributed by atoms with E-state index in [4.69, 9.17) is 14.2 Å². The molecule has 0 aromatic heterocycles. The highest BCUT2D eigenvalue weighted by Crippen LogP contribution is 2.59. The first kappa shape index (κ1) is 19.9. The maximum absolute atomic E-state index is 13.2. The molecule has 6 heteroatoms. The highest BCUT2D eigenvalue weighted by Gasteiger charge is 2.67. The minimum atomic E-state index is -1.64. The van der Waals surface area contributed by atoms with Gasteiger partial charge in [0.1, 0.15) is 5.76 Å². The molecule has 1 heterocycles. The van der Waals surface area contributed by atoms with Crippen LogP contribution in [0.4, 0.5) is 0 Å². The highest BCUT2D eigenvalue weighted by molar-refractivity contribution is 6.03. The van der Waals surface area contributed by atoms with Crippen molar-refractivity contribution in [3.63, 3.8) is 0 Å². The van der Waals surface area contributed by atoms with E-state index < -0.39 is 35.2 Å². The fraction of sp³-hybridized carbons (Fsp3) is 0.292. The minimum Gasteiger partial charge on any atom is -0.468 e. The summed E-state index contributed by atoms with van der Waals surface area (Å²) >= 11 is 0. The van der Waals surface area contributed by atoms with Gasteiger partial charge in [0, 0.05) is 11.5 Å². The Kier molecular flexibility index (Phi) is 5.16. The van der Waals surface area contributed by atoms with Crippen LogP contribution in [-0.4, -0.2) is 32.1 Å². The van der Waals surface area contributed by atoms with Crippen molar-refractivity contribution in [2.45, 2.75) is 12.3 Å². The number of cyclic esters (lactones) is 1. The van der Waals surface area contributed by atoms with Gasteiger partial charge in [0.05, 0.1) is 20.1 Å². The number of carbonyl (C=O) groups excluding carboxylic acids is 3. The Labute approximate surface area is 174 Å². The normalized spacial score (nSPS) is 24.3. The van der Waals surface area contributed by atoms with E-state index in [1.165, 1.54) is 14.2 Å². The van der Waals surface area contributed by atoms with Crippen molar-refractivity contribution in [3.8, 4) is 0 Å². The maximum atomic E-state index is 13.2. The van der Waals surface area contributed by atoms with Crippen molar-refractivity contribution in [1.29, 1.82) is 0 Å². The van der Waals surface area contributed by atoms with Gasteiger partial charge in [-0.2, -0.15) is 0 Å². The average Bonchev–Trinajstić information content (AvgIpc) is 3.16. The predicted molar refractivity (Wildman–Crippen MR) is 108 cm³/mol. The fourth-order valence-corrected chi connectivity index (χ4v) is 4.84. The number of hydrogen-bond acceptors (Lipinski definition) is 6. The van der Waals surface area contributed by atoms with Crippen molar-refractivity contribution in [1.82, 2.24) is 0 Å². The second-order valence-electron chi connectivity index (χ2n) is 7.55. The van der Waals surface area contributed by atoms with Crippen LogP contribution >= 0.6 is 0 Å². The van der Waals surface area contributed by atoms with E-state index in [9.17, 15) is 14.4 Å². The Morgan fingerprint density at radius 2 is 1.50 bits per heavy atom. The summed E-state index contributed by atoms with van der Waals surface area (Å²) in [4.78, 5) is 39.2. The highest BCUT2D eigenvalue weighted by atomic mass is 16.6. The molecule has 6 nitrogen and oxygen atoms in total. The third-order valence-corrected chi connectivity index (χ3v) is 6.07. The molecule has 0 bridgehead atoms. The molecule has 0 amide bonds. The predicted octanol–water partition coefficient (Wildman–Crippen LogP) is 3.34. The van der Waals surface area contributed by atoms with E-state index >= 15 is 0 Å². The van der Waals surface area contributed by atoms with Gasteiger partial charge < -0.3 is 14.2 Å². The summed E-state index contributed by atoms with van der Waals surface area (Å²) in [5.41, 5.74) is -0.189. The van der Waals surface area contributed by atoms with Crippen molar-refractivity contribution >= 4 is 23.7 Å². The van der Waals surface area contributed by atoms with Crippen molar-refractivity contribution in [3.05, 3.63) is 77.9 Å². The molecule has 2 aliphatic rings. The van der Waals surface area contributed by atoms with Crippen LogP contribution in [0.25, 0.3) is 5.76 Å². The Morgan fingerprint density at radius 1 is 0.933 bits per heavy atom. The molecule has 2 aromatic rings. The van der Waals surface area contributed by atoms with Gasteiger partial charge in [-0.1, -0.05) is 60.7 Å². The van der Waals surface area contributed by atoms with Gasteiger partial charge in [0.15, 0.2) is 5.41 Å². The van der Waals surface area contributed by atoms with Crippen molar-refractivity contribution in [2.75, 3.05) is 14.2 Å². The lowest BCUT2D eigenvalue weighted by atomic mass is 9.71. The number of hydrogen-bond donors (Lipinski definition) is 0. The zero-order valence-corrected chi connectivity index (χ0v) is 16.7. The van der Waals surface area contributed by atoms with Crippen LogP contribution in [-0.2, 0) is 28.6 Å². The third-order valence-electron chi connectivity index (χ3n) is 6.07. The molecule has 0 unspecified atom stereocenters. The van der Waals surface area contributed by atoms with Crippen LogP contribution in [0.3, 0.4) is 0 Å². The van der Waals surface area contributed by atoms with Crippen LogP contribution in [0.2, 0.25) is 0 Å². The zero-order chi connectivity index (χ0) is 21.3. The van der Waals surface area contributed by atoms with Crippen LogP contribution in [0.15, 0.2) is 66.7 Å². The second kappa shape index (κ2) is 7.78. The van der Waals surface area contributed by atoms with Gasteiger partial charge in [-0.05, 0) is 24.0 Å². The van der Waals surface area contributed by atoms with E-state index in [0.29, 0.717) is 11.3 Å². The number of methoxy groups -OCH3 is 2. The zero-order valence-electron chi connectivity index (χ0n) is 16.7. The fourth-order valence-electron chi connectivity index (χ4n) is 4.84. The van der Waals surface area contributed by atoms with Crippen LogP contribution < -0.4 is 0 Å². The molecule has 1 aliphatic carbocycles. The molecule has 1 saturated carbocycles. The first-order valence-corrected chi connectivity index (χ1v) is 9.73. The van der Waals surface area contributed by atoms with Gasteiger partial charge in [0.25, 0.3) is 0 Å². The number of esters is 3. The Hall–Kier alpha value is -3.41. The van der Waals surface area contributed by atoms with Crippen LogP contribution in [0, 0.1) is 17.3 Å². The molecule has 0 saturated heterocycles. The van der Waals surface area contributed by atoms with Gasteiger partial charge in [-0.25, -0.2) is 0 Å². The molecule has 3 atom stereocenters. The molecular weight excluding hydrogens is 384 g/mol. The summed E-state index contributed by atoms with van der Waals surface area (Å²) in [6.45, 7) is 0. The summed E-state index contributed by atoms with van der Waals surface area (Å²) in [6, 6.07) is 18.3. The van der Waals surface area contributed by atoms with Gasteiger partial charge in [0.2, 0.25) is 0 Å². The average molecular weight is 406 g/mol. The number of rotatable bonds is 4. The molecule has 4 rings (SSSR count). The van der Waals surface area contributed by atoms with Crippen molar-refractivity contribution in [2.24, 2.45) is 17.3 Å².